The van der Waals surface area contributed by atoms with Gasteiger partial charge in [-0.1, -0.05) is 6.92 Å². The number of aliphatic carboxylic acids is 1. The molecule has 2 unspecified atom stereocenters. The molecular formula is C9H14N2O2. The van der Waals surface area contributed by atoms with E-state index < -0.39 is 5.97 Å². The molecule has 1 saturated heterocycles. The van der Waals surface area contributed by atoms with Crippen molar-refractivity contribution in [2.45, 2.75) is 25.8 Å². The van der Waals surface area contributed by atoms with Crippen LogP contribution in [0.25, 0.3) is 0 Å². The van der Waals surface area contributed by atoms with Gasteiger partial charge in [0.25, 0.3) is 0 Å². The van der Waals surface area contributed by atoms with Gasteiger partial charge >= 0.3 is 5.97 Å². The third-order valence-corrected chi connectivity index (χ3v) is 2.57. The Morgan fingerprint density at radius 2 is 2.46 bits per heavy atom. The maximum Gasteiger partial charge on any atom is 0.321 e. The number of carboxylic acid groups (broad SMARTS) is 1. The van der Waals surface area contributed by atoms with Crippen LogP contribution in [0.3, 0.4) is 0 Å². The summed E-state index contributed by atoms with van der Waals surface area (Å²) in [7, 11) is 0. The molecule has 1 aliphatic heterocycles. The second-order valence-corrected chi connectivity index (χ2v) is 3.49. The van der Waals surface area contributed by atoms with E-state index >= 15 is 0 Å². The number of carbonyl (C=O) groups is 1. The highest BCUT2D eigenvalue weighted by molar-refractivity contribution is 5.74. The molecule has 1 N–H and O–H groups in total. The van der Waals surface area contributed by atoms with Crippen molar-refractivity contribution < 1.29 is 9.90 Å². The summed E-state index contributed by atoms with van der Waals surface area (Å²) in [4.78, 5) is 12.7. The summed E-state index contributed by atoms with van der Waals surface area (Å²) in [6.45, 7) is 3.34. The van der Waals surface area contributed by atoms with Crippen LogP contribution >= 0.6 is 0 Å². The molecule has 0 radical (unpaired) electrons. The number of hydrogen-bond acceptors (Lipinski definition) is 3. The summed E-state index contributed by atoms with van der Waals surface area (Å²) in [5.41, 5.74) is 0. The first-order valence-corrected chi connectivity index (χ1v) is 4.50. The maximum absolute atomic E-state index is 10.9. The molecule has 0 spiro atoms. The van der Waals surface area contributed by atoms with Crippen molar-refractivity contribution in [2.75, 3.05) is 13.1 Å². The third-order valence-electron chi connectivity index (χ3n) is 2.57. The van der Waals surface area contributed by atoms with E-state index in [1.807, 2.05) is 17.9 Å². The molecule has 0 bridgehead atoms. The zero-order valence-electron chi connectivity index (χ0n) is 7.73. The molecule has 0 aromatic rings. The predicted octanol–water partition coefficient (Wildman–Crippen LogP) is 0.695. The lowest BCUT2D eigenvalue weighted by Gasteiger charge is -2.21. The van der Waals surface area contributed by atoms with E-state index in [2.05, 4.69) is 0 Å². The Morgan fingerprint density at radius 1 is 1.77 bits per heavy atom. The Morgan fingerprint density at radius 3 is 3.00 bits per heavy atom. The van der Waals surface area contributed by atoms with Crippen LogP contribution in [-0.4, -0.2) is 35.1 Å². The van der Waals surface area contributed by atoms with Crippen molar-refractivity contribution in [2.24, 2.45) is 5.92 Å². The average Bonchev–Trinajstić information content (AvgIpc) is 2.43. The molecule has 4 heteroatoms. The highest BCUT2D eigenvalue weighted by Gasteiger charge is 2.35. The van der Waals surface area contributed by atoms with Crippen LogP contribution in [0.2, 0.25) is 0 Å². The molecule has 0 aromatic heterocycles. The summed E-state index contributed by atoms with van der Waals surface area (Å²) in [6.07, 6.45) is 1.33. The van der Waals surface area contributed by atoms with E-state index in [1.54, 1.807) is 0 Å². The lowest BCUT2D eigenvalue weighted by Crippen LogP contribution is -2.39. The van der Waals surface area contributed by atoms with Gasteiger partial charge in [0, 0.05) is 13.0 Å². The SMILES string of the molecule is CC1CCN(CCC#N)C1C(=O)O. The molecule has 72 valence electrons. The minimum Gasteiger partial charge on any atom is -0.480 e. The minimum absolute atomic E-state index is 0.205. The molecule has 0 aromatic carbocycles. The maximum atomic E-state index is 10.9. The van der Waals surface area contributed by atoms with Gasteiger partial charge in [0.05, 0.1) is 6.07 Å². The van der Waals surface area contributed by atoms with Crippen molar-refractivity contribution in [3.05, 3.63) is 0 Å². The van der Waals surface area contributed by atoms with Crippen molar-refractivity contribution in [1.82, 2.24) is 4.90 Å². The van der Waals surface area contributed by atoms with Gasteiger partial charge in [0.2, 0.25) is 0 Å². The van der Waals surface area contributed by atoms with E-state index in [0.29, 0.717) is 13.0 Å². The summed E-state index contributed by atoms with van der Waals surface area (Å²) >= 11 is 0. The first-order chi connectivity index (χ1) is 6.16. The lowest BCUT2D eigenvalue weighted by molar-refractivity contribution is -0.143. The number of nitrogens with zero attached hydrogens (tertiary/aromatic N) is 2. The van der Waals surface area contributed by atoms with Crippen LogP contribution in [0.5, 0.6) is 0 Å². The van der Waals surface area contributed by atoms with E-state index in [0.717, 1.165) is 13.0 Å². The van der Waals surface area contributed by atoms with Gasteiger partial charge < -0.3 is 5.11 Å². The molecule has 0 saturated carbocycles. The van der Waals surface area contributed by atoms with E-state index in [-0.39, 0.29) is 12.0 Å². The summed E-state index contributed by atoms with van der Waals surface area (Å²) in [6, 6.07) is 1.65. The molecule has 1 heterocycles. The van der Waals surface area contributed by atoms with Gasteiger partial charge in [-0.2, -0.15) is 5.26 Å². The second-order valence-electron chi connectivity index (χ2n) is 3.49. The van der Waals surface area contributed by atoms with Crippen molar-refractivity contribution in [3.8, 4) is 6.07 Å². The first-order valence-electron chi connectivity index (χ1n) is 4.50. The quantitative estimate of drug-likeness (QED) is 0.697. The van der Waals surface area contributed by atoms with Crippen molar-refractivity contribution in [1.29, 1.82) is 5.26 Å². The highest BCUT2D eigenvalue weighted by Crippen LogP contribution is 2.23. The van der Waals surface area contributed by atoms with Gasteiger partial charge in [-0.15, -0.1) is 0 Å². The second kappa shape index (κ2) is 4.24. The monoisotopic (exact) mass is 182 g/mol. The fraction of sp³-hybridized carbons (Fsp3) is 0.778. The topological polar surface area (TPSA) is 64.3 Å². The number of carboxylic acids is 1. The molecule has 0 aliphatic carbocycles. The standard InChI is InChI=1S/C9H14N2O2/c1-7-3-6-11(5-2-4-10)8(7)9(12)13/h7-8H,2-3,5-6H2,1H3,(H,12,13). The number of likely N-dealkylation sites (tertiary alicyclic amines) is 1. The smallest absolute Gasteiger partial charge is 0.321 e. The lowest BCUT2D eigenvalue weighted by atomic mass is 10.0. The van der Waals surface area contributed by atoms with Crippen molar-refractivity contribution >= 4 is 5.97 Å². The summed E-state index contributed by atoms with van der Waals surface area (Å²) in [5.74, 6) is -0.556. The van der Waals surface area contributed by atoms with E-state index in [9.17, 15) is 4.79 Å². The molecule has 2 atom stereocenters. The zero-order chi connectivity index (χ0) is 9.84. The Labute approximate surface area is 77.8 Å². The zero-order valence-corrected chi connectivity index (χ0v) is 7.73. The molecule has 0 amide bonds. The minimum atomic E-state index is -0.761. The number of hydrogen-bond donors (Lipinski definition) is 1. The van der Waals surface area contributed by atoms with Crippen LogP contribution in [-0.2, 0) is 4.79 Å². The highest BCUT2D eigenvalue weighted by atomic mass is 16.4. The average molecular weight is 182 g/mol. The Balaban J connectivity index is 2.55. The molecule has 1 fully saturated rings. The van der Waals surface area contributed by atoms with Crippen LogP contribution in [0.1, 0.15) is 19.8 Å². The Bertz CT molecular complexity index is 234. The first kappa shape index (κ1) is 10.0. The van der Waals surface area contributed by atoms with Crippen LogP contribution in [0.15, 0.2) is 0 Å². The predicted molar refractivity (Wildman–Crippen MR) is 47.0 cm³/mol. The third kappa shape index (κ3) is 2.19. The van der Waals surface area contributed by atoms with Crippen LogP contribution in [0, 0.1) is 17.2 Å². The van der Waals surface area contributed by atoms with Crippen LogP contribution in [0.4, 0.5) is 0 Å². The Kier molecular flexibility index (Phi) is 3.26. The fourth-order valence-electron chi connectivity index (χ4n) is 1.87. The molecule has 1 rings (SSSR count). The largest absolute Gasteiger partial charge is 0.480 e. The molecular weight excluding hydrogens is 168 g/mol. The van der Waals surface area contributed by atoms with Crippen molar-refractivity contribution in [3.63, 3.8) is 0 Å². The van der Waals surface area contributed by atoms with Crippen LogP contribution < -0.4 is 0 Å². The van der Waals surface area contributed by atoms with Gasteiger partial charge in [0.1, 0.15) is 6.04 Å². The van der Waals surface area contributed by atoms with E-state index in [4.69, 9.17) is 10.4 Å². The van der Waals surface area contributed by atoms with Gasteiger partial charge in [-0.25, -0.2) is 0 Å². The van der Waals surface area contributed by atoms with E-state index in [1.165, 1.54) is 0 Å². The van der Waals surface area contributed by atoms with Gasteiger partial charge in [-0.3, -0.25) is 9.69 Å². The van der Waals surface area contributed by atoms with Gasteiger partial charge in [-0.05, 0) is 18.9 Å². The molecule has 4 nitrogen and oxygen atoms in total. The summed E-state index contributed by atoms with van der Waals surface area (Å²) < 4.78 is 0. The molecule has 13 heavy (non-hydrogen) atoms. The normalized spacial score (nSPS) is 28.6. The Hall–Kier alpha value is -1.08. The fourth-order valence-corrected chi connectivity index (χ4v) is 1.87. The van der Waals surface area contributed by atoms with Gasteiger partial charge in [0.15, 0.2) is 0 Å². The number of rotatable bonds is 3. The summed E-state index contributed by atoms with van der Waals surface area (Å²) in [5, 5.41) is 17.3. The number of nitriles is 1. The molecule has 1 aliphatic rings.